The zero-order valence-corrected chi connectivity index (χ0v) is 18.1. The zero-order valence-electron chi connectivity index (χ0n) is 18.1. The van der Waals surface area contributed by atoms with Gasteiger partial charge in [-0.1, -0.05) is 0 Å². The molecule has 0 saturated carbocycles. The van der Waals surface area contributed by atoms with E-state index in [2.05, 4.69) is 5.32 Å². The van der Waals surface area contributed by atoms with E-state index in [0.29, 0.717) is 31.9 Å². The number of hydrogen-bond acceptors (Lipinski definition) is 3. The second-order valence-electron chi connectivity index (χ2n) is 8.02. The van der Waals surface area contributed by atoms with Gasteiger partial charge < -0.3 is 24.8 Å². The SMILES string of the molecule is COc1ccc(C[NH+](C)CC(=O)N2CC[NH+](CC(=O)Nc3ccc(F)cc3)CC2)cc1. The number of benzene rings is 2. The molecule has 1 fully saturated rings. The summed E-state index contributed by atoms with van der Waals surface area (Å²) in [6, 6.07) is 13.6. The maximum atomic E-state index is 13.0. The lowest BCUT2D eigenvalue weighted by atomic mass is 10.2. The van der Waals surface area contributed by atoms with Crippen LogP contribution in [-0.2, 0) is 16.1 Å². The number of carbonyl (C=O) groups is 2. The molecule has 3 rings (SSSR count). The number of rotatable bonds is 8. The Labute approximate surface area is 182 Å². The van der Waals surface area contributed by atoms with E-state index >= 15 is 0 Å². The maximum absolute atomic E-state index is 13.0. The third-order valence-corrected chi connectivity index (χ3v) is 5.48. The molecule has 2 amide bonds. The lowest BCUT2D eigenvalue weighted by Gasteiger charge is -2.32. The molecule has 0 spiro atoms. The quantitative estimate of drug-likeness (QED) is 0.515. The summed E-state index contributed by atoms with van der Waals surface area (Å²) in [5.41, 5.74) is 1.75. The van der Waals surface area contributed by atoms with Crippen LogP contribution < -0.4 is 19.9 Å². The number of nitrogens with one attached hydrogen (secondary N) is 3. The second-order valence-corrected chi connectivity index (χ2v) is 8.02. The summed E-state index contributed by atoms with van der Waals surface area (Å²) in [7, 11) is 3.66. The number of nitrogens with zero attached hydrogens (tertiary/aromatic N) is 1. The number of likely N-dealkylation sites (N-methyl/N-ethyl adjacent to an activating group) is 1. The number of quaternary nitrogens is 2. The van der Waals surface area contributed by atoms with E-state index in [1.54, 1.807) is 19.2 Å². The summed E-state index contributed by atoms with van der Waals surface area (Å²) in [5.74, 6) is 0.524. The van der Waals surface area contributed by atoms with Crippen LogP contribution >= 0.6 is 0 Å². The van der Waals surface area contributed by atoms with Gasteiger partial charge in [0.1, 0.15) is 18.1 Å². The van der Waals surface area contributed by atoms with Crippen molar-refractivity contribution in [2.24, 2.45) is 0 Å². The van der Waals surface area contributed by atoms with Gasteiger partial charge >= 0.3 is 0 Å². The van der Waals surface area contributed by atoms with Crippen molar-refractivity contribution in [1.29, 1.82) is 0 Å². The van der Waals surface area contributed by atoms with Crippen LogP contribution in [0.1, 0.15) is 5.56 Å². The van der Waals surface area contributed by atoms with Gasteiger partial charge in [0.05, 0.1) is 40.3 Å². The van der Waals surface area contributed by atoms with Crippen LogP contribution in [0.5, 0.6) is 5.75 Å². The summed E-state index contributed by atoms with van der Waals surface area (Å²) in [6.07, 6.45) is 0. The Hall–Kier alpha value is -2.97. The Balaban J connectivity index is 1.38. The molecule has 1 aliphatic rings. The van der Waals surface area contributed by atoms with Crippen LogP contribution in [0, 0.1) is 5.82 Å². The molecule has 31 heavy (non-hydrogen) atoms. The number of halogens is 1. The van der Waals surface area contributed by atoms with Gasteiger partial charge in [-0.05, 0) is 48.5 Å². The molecule has 166 valence electrons. The Kier molecular flexibility index (Phi) is 7.97. The van der Waals surface area contributed by atoms with E-state index in [1.807, 2.05) is 36.2 Å². The van der Waals surface area contributed by atoms with Crippen molar-refractivity contribution in [3.05, 3.63) is 59.9 Å². The van der Waals surface area contributed by atoms with Crippen molar-refractivity contribution in [1.82, 2.24) is 4.90 Å². The molecule has 0 radical (unpaired) electrons. The molecule has 2 aromatic carbocycles. The van der Waals surface area contributed by atoms with Crippen molar-refractivity contribution in [3.63, 3.8) is 0 Å². The molecule has 0 aliphatic carbocycles. The minimum absolute atomic E-state index is 0.106. The number of hydrogen-bond donors (Lipinski definition) is 3. The number of anilines is 1. The molecule has 3 N–H and O–H groups in total. The second kappa shape index (κ2) is 10.9. The van der Waals surface area contributed by atoms with Gasteiger partial charge in [0.25, 0.3) is 11.8 Å². The van der Waals surface area contributed by atoms with E-state index in [9.17, 15) is 14.0 Å². The molecule has 0 bridgehead atoms. The van der Waals surface area contributed by atoms with E-state index in [0.717, 1.165) is 40.7 Å². The van der Waals surface area contributed by atoms with Crippen molar-refractivity contribution in [2.75, 3.05) is 58.7 Å². The molecule has 1 unspecified atom stereocenters. The van der Waals surface area contributed by atoms with Gasteiger partial charge in [-0.2, -0.15) is 0 Å². The van der Waals surface area contributed by atoms with Crippen LogP contribution in [0.4, 0.5) is 10.1 Å². The molecule has 1 saturated heterocycles. The van der Waals surface area contributed by atoms with Gasteiger partial charge in [-0.25, -0.2) is 4.39 Å². The van der Waals surface area contributed by atoms with E-state index in [4.69, 9.17) is 4.74 Å². The van der Waals surface area contributed by atoms with Gasteiger partial charge in [-0.3, -0.25) is 9.59 Å². The van der Waals surface area contributed by atoms with Gasteiger partial charge in [0.2, 0.25) is 0 Å². The summed E-state index contributed by atoms with van der Waals surface area (Å²) in [6.45, 7) is 4.31. The maximum Gasteiger partial charge on any atom is 0.279 e. The molecular weight excluding hydrogens is 399 g/mol. The molecule has 2 aromatic rings. The zero-order chi connectivity index (χ0) is 22.2. The van der Waals surface area contributed by atoms with Crippen LogP contribution in [0.2, 0.25) is 0 Å². The average molecular weight is 431 g/mol. The Morgan fingerprint density at radius 3 is 2.35 bits per heavy atom. The molecular formula is C23H31FN4O3+2. The molecule has 1 heterocycles. The highest BCUT2D eigenvalue weighted by molar-refractivity contribution is 5.91. The van der Waals surface area contributed by atoms with Crippen molar-refractivity contribution in [3.8, 4) is 5.75 Å². The first-order chi connectivity index (χ1) is 14.9. The third-order valence-electron chi connectivity index (χ3n) is 5.48. The van der Waals surface area contributed by atoms with Crippen LogP contribution in [0.3, 0.4) is 0 Å². The highest BCUT2D eigenvalue weighted by Gasteiger charge is 2.26. The first-order valence-electron chi connectivity index (χ1n) is 10.5. The van der Waals surface area contributed by atoms with Gasteiger partial charge in [-0.15, -0.1) is 0 Å². The lowest BCUT2D eigenvalue weighted by Crippen LogP contribution is -3.16. The molecule has 1 atom stereocenters. The van der Waals surface area contributed by atoms with E-state index in [1.165, 1.54) is 12.1 Å². The fourth-order valence-electron chi connectivity index (χ4n) is 3.74. The minimum Gasteiger partial charge on any atom is -0.497 e. The highest BCUT2D eigenvalue weighted by atomic mass is 19.1. The van der Waals surface area contributed by atoms with Crippen molar-refractivity contribution >= 4 is 17.5 Å². The smallest absolute Gasteiger partial charge is 0.279 e. The number of ether oxygens (including phenoxy) is 1. The van der Waals surface area contributed by atoms with Crippen LogP contribution in [-0.4, -0.2) is 70.1 Å². The average Bonchev–Trinajstić information content (AvgIpc) is 2.76. The number of methoxy groups -OCH3 is 1. The van der Waals surface area contributed by atoms with Crippen LogP contribution in [0.15, 0.2) is 48.5 Å². The Bertz CT molecular complexity index is 865. The summed E-state index contributed by atoms with van der Waals surface area (Å²) in [4.78, 5) is 29.0. The first-order valence-corrected chi connectivity index (χ1v) is 10.5. The monoisotopic (exact) mass is 430 g/mol. The Morgan fingerprint density at radius 1 is 1.10 bits per heavy atom. The van der Waals surface area contributed by atoms with Gasteiger partial charge in [0.15, 0.2) is 13.1 Å². The summed E-state index contributed by atoms with van der Waals surface area (Å²) < 4.78 is 18.1. The van der Waals surface area contributed by atoms with Crippen molar-refractivity contribution < 1.29 is 28.5 Å². The highest BCUT2D eigenvalue weighted by Crippen LogP contribution is 2.10. The van der Waals surface area contributed by atoms with Gasteiger partial charge in [0, 0.05) is 11.3 Å². The van der Waals surface area contributed by atoms with E-state index in [-0.39, 0.29) is 17.6 Å². The number of carbonyl (C=O) groups excluding carboxylic acids is 2. The standard InChI is InChI=1S/C23H29FN4O3/c1-26(15-18-3-9-21(31-2)10-4-18)17-23(30)28-13-11-27(12-14-28)16-22(29)25-20-7-5-19(24)6-8-20/h3-10H,11-17H2,1-2H3,(H,25,29)/p+2. The van der Waals surface area contributed by atoms with Crippen molar-refractivity contribution in [2.45, 2.75) is 6.54 Å². The normalized spacial score (nSPS) is 15.4. The third kappa shape index (κ3) is 7.04. The molecule has 0 aromatic heterocycles. The Morgan fingerprint density at radius 2 is 1.74 bits per heavy atom. The predicted molar refractivity (Wildman–Crippen MR) is 116 cm³/mol. The molecule has 1 aliphatic heterocycles. The predicted octanol–water partition coefficient (Wildman–Crippen LogP) is -0.785. The summed E-state index contributed by atoms with van der Waals surface area (Å²) >= 11 is 0. The number of amides is 2. The largest absolute Gasteiger partial charge is 0.497 e. The van der Waals surface area contributed by atoms with E-state index < -0.39 is 0 Å². The first kappa shape index (κ1) is 22.7. The lowest BCUT2D eigenvalue weighted by molar-refractivity contribution is -0.896. The summed E-state index contributed by atoms with van der Waals surface area (Å²) in [5, 5.41) is 2.79. The molecule has 7 nitrogen and oxygen atoms in total. The molecule has 8 heteroatoms. The fourth-order valence-corrected chi connectivity index (χ4v) is 3.74. The fraction of sp³-hybridized carbons (Fsp3) is 0.391. The minimum atomic E-state index is -0.333. The van der Waals surface area contributed by atoms with Crippen LogP contribution in [0.25, 0.3) is 0 Å². The number of piperazine rings is 1. The topological polar surface area (TPSA) is 67.5 Å².